The van der Waals surface area contributed by atoms with Crippen molar-refractivity contribution in [3.8, 4) is 11.5 Å². The van der Waals surface area contributed by atoms with Crippen molar-refractivity contribution in [1.82, 2.24) is 0 Å². The van der Waals surface area contributed by atoms with E-state index in [-0.39, 0.29) is 11.4 Å². The number of benzene rings is 2. The Morgan fingerprint density at radius 2 is 1.85 bits per heavy atom. The number of ether oxygens (including phenoxy) is 1. The van der Waals surface area contributed by atoms with E-state index in [0.717, 1.165) is 12.8 Å². The highest BCUT2D eigenvalue weighted by molar-refractivity contribution is 5.86. The lowest BCUT2D eigenvalue weighted by Gasteiger charge is -2.08. The molecule has 0 aliphatic carbocycles. The molecule has 0 saturated heterocycles. The normalized spacial score (nSPS) is 11.0. The fraction of sp³-hybridized carbons (Fsp3) is 0.350. The van der Waals surface area contributed by atoms with Gasteiger partial charge in [0, 0.05) is 23.9 Å². The first kappa shape index (κ1) is 19.4. The van der Waals surface area contributed by atoms with E-state index in [9.17, 15) is 15.2 Å². The van der Waals surface area contributed by atoms with Crippen LogP contribution in [0.3, 0.4) is 0 Å². The van der Waals surface area contributed by atoms with Gasteiger partial charge >= 0.3 is 0 Å². The topological polar surface area (TPSA) is 85.0 Å². The smallest absolute Gasteiger partial charge is 0.269 e. The number of nitrogens with zero attached hydrogens (tertiary/aromatic N) is 2. The Labute approximate surface area is 153 Å². The molecule has 0 atom stereocenters. The van der Waals surface area contributed by atoms with E-state index in [0.29, 0.717) is 23.6 Å². The third-order valence-electron chi connectivity index (χ3n) is 3.93. The molecule has 0 fully saturated rings. The van der Waals surface area contributed by atoms with Crippen molar-refractivity contribution in [2.45, 2.75) is 39.0 Å². The zero-order chi connectivity index (χ0) is 18.8. The van der Waals surface area contributed by atoms with Gasteiger partial charge in [-0.1, -0.05) is 32.6 Å². The van der Waals surface area contributed by atoms with Crippen LogP contribution in [0.1, 0.15) is 44.6 Å². The van der Waals surface area contributed by atoms with Gasteiger partial charge in [0.2, 0.25) is 0 Å². The predicted molar refractivity (Wildman–Crippen MR) is 103 cm³/mol. The summed E-state index contributed by atoms with van der Waals surface area (Å²) in [4.78, 5) is 14.4. The molecule has 0 unspecified atom stereocenters. The second-order valence-electron chi connectivity index (χ2n) is 6.02. The minimum absolute atomic E-state index is 0.0149. The van der Waals surface area contributed by atoms with Gasteiger partial charge in [-0.05, 0) is 36.8 Å². The van der Waals surface area contributed by atoms with Gasteiger partial charge in [-0.3, -0.25) is 15.1 Å². The molecule has 0 spiro atoms. The standard InChI is InChI=1S/C20H24N2O4/c1-2-3-4-5-6-13-26-19-11-12-20(23)16(14-19)15-21-17-7-9-18(10-8-17)22(24)25/h7-12,14-15,23H,2-6,13H2,1H3. The Balaban J connectivity index is 1.94. The highest BCUT2D eigenvalue weighted by atomic mass is 16.6. The summed E-state index contributed by atoms with van der Waals surface area (Å²) in [5, 5.41) is 20.6. The maximum Gasteiger partial charge on any atom is 0.269 e. The van der Waals surface area contributed by atoms with Crippen LogP contribution in [0, 0.1) is 10.1 Å². The average molecular weight is 356 g/mol. The average Bonchev–Trinajstić information content (AvgIpc) is 2.65. The lowest BCUT2D eigenvalue weighted by atomic mass is 10.1. The van der Waals surface area contributed by atoms with Crippen LogP contribution in [0.4, 0.5) is 11.4 Å². The van der Waals surface area contributed by atoms with E-state index in [1.807, 2.05) is 0 Å². The number of aromatic hydroxyl groups is 1. The largest absolute Gasteiger partial charge is 0.507 e. The molecule has 2 aromatic carbocycles. The van der Waals surface area contributed by atoms with Crippen LogP contribution in [-0.2, 0) is 0 Å². The van der Waals surface area contributed by atoms with Crippen molar-refractivity contribution in [2.24, 2.45) is 4.99 Å². The van der Waals surface area contributed by atoms with E-state index >= 15 is 0 Å². The number of phenolic OH excluding ortho intramolecular Hbond substituents is 1. The molecule has 0 bridgehead atoms. The fourth-order valence-corrected chi connectivity index (χ4v) is 2.43. The number of hydrogen-bond acceptors (Lipinski definition) is 5. The van der Waals surface area contributed by atoms with Gasteiger partial charge in [-0.2, -0.15) is 0 Å². The van der Waals surface area contributed by atoms with E-state index in [2.05, 4.69) is 11.9 Å². The number of rotatable bonds is 10. The molecule has 26 heavy (non-hydrogen) atoms. The quantitative estimate of drug-likeness (QED) is 0.267. The Bertz CT molecular complexity index is 742. The molecule has 0 aliphatic rings. The molecular formula is C20H24N2O4. The minimum Gasteiger partial charge on any atom is -0.507 e. The number of phenols is 1. The van der Waals surface area contributed by atoms with Crippen LogP contribution < -0.4 is 4.74 Å². The Morgan fingerprint density at radius 1 is 1.12 bits per heavy atom. The van der Waals surface area contributed by atoms with Crippen molar-refractivity contribution in [1.29, 1.82) is 0 Å². The number of non-ortho nitro benzene ring substituents is 1. The summed E-state index contributed by atoms with van der Waals surface area (Å²) in [6.07, 6.45) is 7.37. The molecule has 0 heterocycles. The highest BCUT2D eigenvalue weighted by Crippen LogP contribution is 2.23. The van der Waals surface area contributed by atoms with Crippen molar-refractivity contribution in [3.05, 3.63) is 58.1 Å². The van der Waals surface area contributed by atoms with Gasteiger partial charge in [0.05, 0.1) is 17.2 Å². The summed E-state index contributed by atoms with van der Waals surface area (Å²) in [5.41, 5.74) is 1.12. The maximum atomic E-state index is 10.7. The Hall–Kier alpha value is -2.89. The van der Waals surface area contributed by atoms with Crippen LogP contribution in [0.2, 0.25) is 0 Å². The maximum absolute atomic E-state index is 10.7. The number of hydrogen-bond donors (Lipinski definition) is 1. The molecule has 0 saturated carbocycles. The van der Waals surface area contributed by atoms with Crippen molar-refractivity contribution in [3.63, 3.8) is 0 Å². The number of nitro groups is 1. The SMILES string of the molecule is CCCCCCCOc1ccc(O)c(C=Nc2ccc([N+](=O)[O-])cc2)c1. The summed E-state index contributed by atoms with van der Waals surface area (Å²) in [7, 11) is 0. The zero-order valence-electron chi connectivity index (χ0n) is 14.9. The summed E-state index contributed by atoms with van der Waals surface area (Å²) >= 11 is 0. The first-order valence-electron chi connectivity index (χ1n) is 8.84. The molecule has 6 heteroatoms. The van der Waals surface area contributed by atoms with Crippen molar-refractivity contribution in [2.75, 3.05) is 6.61 Å². The Morgan fingerprint density at radius 3 is 2.54 bits per heavy atom. The molecule has 0 radical (unpaired) electrons. The second kappa shape index (κ2) is 10.2. The molecule has 138 valence electrons. The van der Waals surface area contributed by atoms with Crippen LogP contribution in [0.25, 0.3) is 0 Å². The lowest BCUT2D eigenvalue weighted by Crippen LogP contribution is -1.98. The number of aliphatic imine (C=N–C) groups is 1. The monoisotopic (exact) mass is 356 g/mol. The molecule has 0 amide bonds. The fourth-order valence-electron chi connectivity index (χ4n) is 2.43. The molecular weight excluding hydrogens is 332 g/mol. The molecule has 1 N–H and O–H groups in total. The Kier molecular flexibility index (Phi) is 7.61. The van der Waals surface area contributed by atoms with E-state index < -0.39 is 4.92 Å². The van der Waals surface area contributed by atoms with Crippen molar-refractivity contribution >= 4 is 17.6 Å². The van der Waals surface area contributed by atoms with Crippen LogP contribution in [0.5, 0.6) is 11.5 Å². The third kappa shape index (κ3) is 6.20. The van der Waals surface area contributed by atoms with E-state index in [1.54, 1.807) is 30.3 Å². The number of unbranched alkanes of at least 4 members (excludes halogenated alkanes) is 4. The van der Waals surface area contributed by atoms with E-state index in [1.165, 1.54) is 37.6 Å². The van der Waals surface area contributed by atoms with E-state index in [4.69, 9.17) is 4.74 Å². The summed E-state index contributed by atoms with van der Waals surface area (Å²) in [6, 6.07) is 10.9. The first-order chi connectivity index (χ1) is 12.6. The molecule has 6 nitrogen and oxygen atoms in total. The highest BCUT2D eigenvalue weighted by Gasteiger charge is 2.04. The van der Waals surface area contributed by atoms with Gasteiger partial charge in [0.15, 0.2) is 0 Å². The first-order valence-corrected chi connectivity index (χ1v) is 8.84. The van der Waals surface area contributed by atoms with Crippen LogP contribution in [-0.4, -0.2) is 22.9 Å². The van der Waals surface area contributed by atoms with Crippen LogP contribution >= 0.6 is 0 Å². The van der Waals surface area contributed by atoms with Gasteiger partial charge in [-0.15, -0.1) is 0 Å². The van der Waals surface area contributed by atoms with Gasteiger partial charge in [-0.25, -0.2) is 0 Å². The summed E-state index contributed by atoms with van der Waals surface area (Å²) in [5.74, 6) is 0.786. The van der Waals surface area contributed by atoms with Gasteiger partial charge in [0.1, 0.15) is 11.5 Å². The molecule has 0 aliphatic heterocycles. The zero-order valence-corrected chi connectivity index (χ0v) is 14.9. The molecule has 2 rings (SSSR count). The molecule has 2 aromatic rings. The summed E-state index contributed by atoms with van der Waals surface area (Å²) in [6.45, 7) is 2.83. The number of nitro benzene ring substituents is 1. The summed E-state index contributed by atoms with van der Waals surface area (Å²) < 4.78 is 5.73. The minimum atomic E-state index is -0.456. The van der Waals surface area contributed by atoms with Gasteiger partial charge in [0.25, 0.3) is 5.69 Å². The van der Waals surface area contributed by atoms with Crippen LogP contribution in [0.15, 0.2) is 47.5 Å². The molecule has 0 aromatic heterocycles. The predicted octanol–water partition coefficient (Wildman–Crippen LogP) is 5.40. The lowest BCUT2D eigenvalue weighted by molar-refractivity contribution is -0.384. The second-order valence-corrected chi connectivity index (χ2v) is 6.02. The third-order valence-corrected chi connectivity index (χ3v) is 3.93. The van der Waals surface area contributed by atoms with Gasteiger partial charge < -0.3 is 9.84 Å². The van der Waals surface area contributed by atoms with Crippen molar-refractivity contribution < 1.29 is 14.8 Å².